The second-order valence-corrected chi connectivity index (χ2v) is 2.30. The van der Waals surface area contributed by atoms with Crippen LogP contribution in [0, 0.1) is 0 Å². The molecule has 64 valence electrons. The minimum absolute atomic E-state index is 0.352. The van der Waals surface area contributed by atoms with Gasteiger partial charge in [0.1, 0.15) is 5.82 Å². The molecule has 4 nitrogen and oxygen atoms in total. The van der Waals surface area contributed by atoms with E-state index in [-0.39, 0.29) is 0 Å². The first kappa shape index (κ1) is 8.52. The summed E-state index contributed by atoms with van der Waals surface area (Å²) in [4.78, 5) is 17.2. The van der Waals surface area contributed by atoms with E-state index in [9.17, 15) is 4.79 Å². The largest absolute Gasteiger partial charge is 0.478 e. The van der Waals surface area contributed by atoms with Crippen LogP contribution in [-0.2, 0) is 4.79 Å². The topological polar surface area (TPSA) is 66.0 Å². The molecule has 0 aromatic carbocycles. The second-order valence-electron chi connectivity index (χ2n) is 2.30. The summed E-state index contributed by atoms with van der Waals surface area (Å²) in [5.74, 6) is -0.317. The number of aliphatic carboxylic acids is 1. The van der Waals surface area contributed by atoms with Crippen LogP contribution in [0.4, 0.5) is 0 Å². The number of hydrogen-bond donors (Lipinski definition) is 2. The van der Waals surface area contributed by atoms with Crippen molar-refractivity contribution in [1.29, 1.82) is 0 Å². The van der Waals surface area contributed by atoms with E-state index in [0.717, 1.165) is 0 Å². The highest BCUT2D eigenvalue weighted by atomic mass is 16.4. The lowest BCUT2D eigenvalue weighted by Crippen LogP contribution is -1.98. The standard InChI is InChI=1S/C8H10N2O2/c1-2-6(8(11)12)5-7-9-3-4-10-7/h3-5H,2H2,1H3,(H,9,10)(H,11,12)/b6-5+. The number of nitrogens with one attached hydrogen (secondary N) is 1. The first-order valence-electron chi connectivity index (χ1n) is 3.67. The van der Waals surface area contributed by atoms with Gasteiger partial charge in [-0.2, -0.15) is 0 Å². The average molecular weight is 166 g/mol. The fourth-order valence-corrected chi connectivity index (χ4v) is 0.836. The van der Waals surface area contributed by atoms with Gasteiger partial charge in [-0.1, -0.05) is 6.92 Å². The third-order valence-electron chi connectivity index (χ3n) is 1.49. The minimum Gasteiger partial charge on any atom is -0.478 e. The molecule has 0 spiro atoms. The molecule has 0 saturated heterocycles. The molecule has 0 amide bonds. The zero-order chi connectivity index (χ0) is 8.97. The number of aromatic amines is 1. The minimum atomic E-state index is -0.895. The average Bonchev–Trinajstić information content (AvgIpc) is 2.51. The molecule has 1 aromatic rings. The highest BCUT2D eigenvalue weighted by Crippen LogP contribution is 2.05. The maximum Gasteiger partial charge on any atom is 0.331 e. The Labute approximate surface area is 70.0 Å². The Kier molecular flexibility index (Phi) is 2.63. The predicted octanol–water partition coefficient (Wildman–Crippen LogP) is 1.29. The quantitative estimate of drug-likeness (QED) is 0.665. The smallest absolute Gasteiger partial charge is 0.331 e. The molecule has 0 atom stereocenters. The second kappa shape index (κ2) is 3.71. The van der Waals surface area contributed by atoms with Gasteiger partial charge in [0.15, 0.2) is 0 Å². The molecular weight excluding hydrogens is 156 g/mol. The van der Waals surface area contributed by atoms with Gasteiger partial charge in [-0.05, 0) is 12.5 Å². The first-order valence-corrected chi connectivity index (χ1v) is 3.67. The van der Waals surface area contributed by atoms with Crippen LogP contribution in [0.15, 0.2) is 18.0 Å². The normalized spacial score (nSPS) is 11.6. The third-order valence-corrected chi connectivity index (χ3v) is 1.49. The fraction of sp³-hybridized carbons (Fsp3) is 0.250. The Balaban J connectivity index is 2.85. The molecule has 0 radical (unpaired) electrons. The van der Waals surface area contributed by atoms with Crippen LogP contribution >= 0.6 is 0 Å². The Hall–Kier alpha value is -1.58. The van der Waals surface area contributed by atoms with Gasteiger partial charge in [-0.25, -0.2) is 9.78 Å². The highest BCUT2D eigenvalue weighted by molar-refractivity contribution is 5.91. The van der Waals surface area contributed by atoms with E-state index in [0.29, 0.717) is 17.8 Å². The lowest BCUT2D eigenvalue weighted by atomic mass is 10.2. The van der Waals surface area contributed by atoms with E-state index >= 15 is 0 Å². The van der Waals surface area contributed by atoms with Crippen molar-refractivity contribution in [3.8, 4) is 0 Å². The molecule has 12 heavy (non-hydrogen) atoms. The van der Waals surface area contributed by atoms with Crippen LogP contribution in [0.1, 0.15) is 19.2 Å². The third kappa shape index (κ3) is 1.95. The van der Waals surface area contributed by atoms with Crippen LogP contribution in [0.25, 0.3) is 6.08 Å². The molecule has 0 aliphatic rings. The molecule has 1 heterocycles. The van der Waals surface area contributed by atoms with Gasteiger partial charge in [0.2, 0.25) is 0 Å². The van der Waals surface area contributed by atoms with Crippen LogP contribution < -0.4 is 0 Å². The van der Waals surface area contributed by atoms with Crippen LogP contribution in [0.2, 0.25) is 0 Å². The van der Waals surface area contributed by atoms with Crippen molar-refractivity contribution in [3.05, 3.63) is 23.8 Å². The van der Waals surface area contributed by atoms with E-state index in [2.05, 4.69) is 9.97 Å². The summed E-state index contributed by atoms with van der Waals surface area (Å²) in [5.41, 5.74) is 0.352. The Bertz CT molecular complexity index is 288. The maximum atomic E-state index is 10.5. The number of rotatable bonds is 3. The number of carboxylic acids is 1. The number of carbonyl (C=O) groups is 1. The molecule has 2 N–H and O–H groups in total. The van der Waals surface area contributed by atoms with Crippen molar-refractivity contribution in [3.63, 3.8) is 0 Å². The molecule has 0 aliphatic heterocycles. The number of carboxylic acid groups (broad SMARTS) is 1. The Morgan fingerprint density at radius 2 is 2.58 bits per heavy atom. The molecule has 0 fully saturated rings. The van der Waals surface area contributed by atoms with E-state index in [1.807, 2.05) is 0 Å². The van der Waals surface area contributed by atoms with Crippen molar-refractivity contribution < 1.29 is 9.90 Å². The van der Waals surface area contributed by atoms with E-state index in [4.69, 9.17) is 5.11 Å². The lowest BCUT2D eigenvalue weighted by molar-refractivity contribution is -0.132. The highest BCUT2D eigenvalue weighted by Gasteiger charge is 2.04. The van der Waals surface area contributed by atoms with Crippen molar-refractivity contribution >= 4 is 12.0 Å². The Morgan fingerprint density at radius 1 is 1.83 bits per heavy atom. The lowest BCUT2D eigenvalue weighted by Gasteiger charge is -1.94. The molecule has 0 unspecified atom stereocenters. The van der Waals surface area contributed by atoms with Gasteiger partial charge in [0, 0.05) is 18.0 Å². The summed E-state index contributed by atoms with van der Waals surface area (Å²) in [7, 11) is 0. The SMILES string of the molecule is CC/C(=C\c1ncc[nH]1)C(=O)O. The van der Waals surface area contributed by atoms with E-state index in [1.165, 1.54) is 6.08 Å². The number of hydrogen-bond acceptors (Lipinski definition) is 2. The van der Waals surface area contributed by atoms with Gasteiger partial charge in [-0.3, -0.25) is 0 Å². The van der Waals surface area contributed by atoms with Crippen LogP contribution in [0.5, 0.6) is 0 Å². The van der Waals surface area contributed by atoms with Gasteiger partial charge in [-0.15, -0.1) is 0 Å². The number of imidazole rings is 1. The molecule has 4 heteroatoms. The van der Waals surface area contributed by atoms with Crippen LogP contribution in [-0.4, -0.2) is 21.0 Å². The van der Waals surface area contributed by atoms with Gasteiger partial charge >= 0.3 is 5.97 Å². The zero-order valence-corrected chi connectivity index (χ0v) is 6.74. The summed E-state index contributed by atoms with van der Waals surface area (Å²) in [6.07, 6.45) is 5.26. The van der Waals surface area contributed by atoms with Crippen molar-refractivity contribution in [1.82, 2.24) is 9.97 Å². The summed E-state index contributed by atoms with van der Waals surface area (Å²) in [5, 5.41) is 8.66. The monoisotopic (exact) mass is 166 g/mol. The molecule has 0 saturated carbocycles. The van der Waals surface area contributed by atoms with E-state index < -0.39 is 5.97 Å². The van der Waals surface area contributed by atoms with E-state index in [1.54, 1.807) is 19.3 Å². The first-order chi connectivity index (χ1) is 5.74. The summed E-state index contributed by atoms with van der Waals surface area (Å²) in [6, 6.07) is 0. The molecular formula is C8H10N2O2. The zero-order valence-electron chi connectivity index (χ0n) is 6.74. The predicted molar refractivity (Wildman–Crippen MR) is 44.5 cm³/mol. The van der Waals surface area contributed by atoms with Crippen LogP contribution in [0.3, 0.4) is 0 Å². The fourth-order valence-electron chi connectivity index (χ4n) is 0.836. The van der Waals surface area contributed by atoms with Crippen molar-refractivity contribution in [2.24, 2.45) is 0 Å². The van der Waals surface area contributed by atoms with Gasteiger partial charge in [0.25, 0.3) is 0 Å². The molecule has 0 bridgehead atoms. The summed E-state index contributed by atoms with van der Waals surface area (Å²) >= 11 is 0. The number of nitrogens with zero attached hydrogens (tertiary/aromatic N) is 1. The van der Waals surface area contributed by atoms with Gasteiger partial charge in [0.05, 0.1) is 0 Å². The molecule has 1 rings (SSSR count). The van der Waals surface area contributed by atoms with Gasteiger partial charge < -0.3 is 10.1 Å². The van der Waals surface area contributed by atoms with Crippen molar-refractivity contribution in [2.75, 3.05) is 0 Å². The number of aromatic nitrogens is 2. The van der Waals surface area contributed by atoms with Crippen molar-refractivity contribution in [2.45, 2.75) is 13.3 Å². The summed E-state index contributed by atoms with van der Waals surface area (Å²) < 4.78 is 0. The number of H-pyrrole nitrogens is 1. The molecule has 0 aliphatic carbocycles. The maximum absolute atomic E-state index is 10.5. The molecule has 1 aromatic heterocycles. The Morgan fingerprint density at radius 3 is 3.00 bits per heavy atom. The summed E-state index contributed by atoms with van der Waals surface area (Å²) in [6.45, 7) is 1.79.